The van der Waals surface area contributed by atoms with E-state index in [4.69, 9.17) is 16.6 Å². The van der Waals surface area contributed by atoms with Crippen LogP contribution in [0.3, 0.4) is 0 Å². The molecule has 5 heteroatoms. The van der Waals surface area contributed by atoms with Gasteiger partial charge in [0.05, 0.1) is 12.8 Å². The molecule has 2 aliphatic rings. The van der Waals surface area contributed by atoms with Crippen LogP contribution in [0.15, 0.2) is 22.8 Å². The predicted molar refractivity (Wildman–Crippen MR) is 83.5 cm³/mol. The zero-order valence-corrected chi connectivity index (χ0v) is 12.8. The minimum Gasteiger partial charge on any atom is -0.468 e. The van der Waals surface area contributed by atoms with Gasteiger partial charge in [-0.3, -0.25) is 4.90 Å². The van der Waals surface area contributed by atoms with Gasteiger partial charge in [-0.2, -0.15) is 0 Å². The molecule has 2 saturated heterocycles. The lowest BCUT2D eigenvalue weighted by Crippen LogP contribution is -2.57. The Bertz CT molecular complexity index is 434. The van der Waals surface area contributed by atoms with Crippen LogP contribution in [-0.2, 0) is 6.54 Å². The van der Waals surface area contributed by atoms with Crippen molar-refractivity contribution >= 4 is 17.3 Å². The van der Waals surface area contributed by atoms with Gasteiger partial charge in [0.1, 0.15) is 5.76 Å². The van der Waals surface area contributed by atoms with E-state index < -0.39 is 0 Å². The lowest BCUT2D eigenvalue weighted by molar-refractivity contribution is 0.0160. The number of furan rings is 1. The van der Waals surface area contributed by atoms with Crippen molar-refractivity contribution in [2.45, 2.75) is 56.8 Å². The van der Waals surface area contributed by atoms with Crippen molar-refractivity contribution in [2.75, 3.05) is 7.05 Å². The molecule has 3 rings (SSSR count). The number of rotatable bonds is 3. The van der Waals surface area contributed by atoms with E-state index in [1.165, 1.54) is 32.1 Å². The van der Waals surface area contributed by atoms with E-state index in [0.29, 0.717) is 18.1 Å². The molecule has 110 valence electrons. The second-order valence-electron chi connectivity index (χ2n) is 5.88. The maximum absolute atomic E-state index is 5.52. The molecule has 0 saturated carbocycles. The van der Waals surface area contributed by atoms with Crippen LogP contribution < -0.4 is 10.6 Å². The van der Waals surface area contributed by atoms with Gasteiger partial charge < -0.3 is 15.1 Å². The minimum atomic E-state index is 0.512. The van der Waals surface area contributed by atoms with Crippen LogP contribution in [0.4, 0.5) is 0 Å². The Morgan fingerprint density at radius 1 is 1.40 bits per heavy atom. The third kappa shape index (κ3) is 2.99. The fraction of sp³-hybridized carbons (Fsp3) is 0.667. The monoisotopic (exact) mass is 293 g/mol. The van der Waals surface area contributed by atoms with Crippen LogP contribution in [0, 0.1) is 0 Å². The molecular formula is C15H23N3OS. The molecule has 0 spiro atoms. The molecule has 2 atom stereocenters. The van der Waals surface area contributed by atoms with Gasteiger partial charge in [-0.1, -0.05) is 6.42 Å². The van der Waals surface area contributed by atoms with Crippen molar-refractivity contribution in [1.82, 2.24) is 15.5 Å². The molecule has 20 heavy (non-hydrogen) atoms. The molecular weight excluding hydrogens is 270 g/mol. The molecule has 0 radical (unpaired) electrons. The highest BCUT2D eigenvalue weighted by Gasteiger charge is 2.38. The number of fused-ring (bicyclic) bond motifs is 2. The van der Waals surface area contributed by atoms with Crippen LogP contribution >= 0.6 is 12.2 Å². The molecule has 1 aromatic rings. The van der Waals surface area contributed by atoms with Crippen molar-refractivity contribution < 1.29 is 4.42 Å². The zero-order valence-electron chi connectivity index (χ0n) is 12.0. The molecule has 0 unspecified atom stereocenters. The summed E-state index contributed by atoms with van der Waals surface area (Å²) in [6.07, 6.45) is 8.07. The smallest absolute Gasteiger partial charge is 0.166 e. The number of nitrogens with one attached hydrogen (secondary N) is 2. The quantitative estimate of drug-likeness (QED) is 0.837. The maximum Gasteiger partial charge on any atom is 0.166 e. The van der Waals surface area contributed by atoms with Crippen molar-refractivity contribution in [3.05, 3.63) is 24.2 Å². The number of nitrogens with zero attached hydrogens (tertiary/aromatic N) is 1. The Balaban J connectivity index is 1.65. The third-order valence-electron chi connectivity index (χ3n) is 4.61. The SMILES string of the molecule is CNC(=S)NC1C[C@@H]2CCC[C@@H](C1)N2Cc1ccco1. The summed E-state index contributed by atoms with van der Waals surface area (Å²) in [5.41, 5.74) is 0. The second-order valence-corrected chi connectivity index (χ2v) is 6.29. The first-order valence-corrected chi connectivity index (χ1v) is 7.93. The molecule has 2 aliphatic heterocycles. The summed E-state index contributed by atoms with van der Waals surface area (Å²) in [5.74, 6) is 1.08. The lowest BCUT2D eigenvalue weighted by atomic mass is 9.81. The third-order valence-corrected chi connectivity index (χ3v) is 4.93. The highest BCUT2D eigenvalue weighted by molar-refractivity contribution is 7.80. The molecule has 2 N–H and O–H groups in total. The van der Waals surface area contributed by atoms with E-state index in [2.05, 4.69) is 21.6 Å². The van der Waals surface area contributed by atoms with Gasteiger partial charge in [0.2, 0.25) is 0 Å². The number of hydrogen-bond acceptors (Lipinski definition) is 3. The summed E-state index contributed by atoms with van der Waals surface area (Å²) in [5, 5.41) is 7.23. The van der Waals surface area contributed by atoms with Gasteiger partial charge in [-0.25, -0.2) is 0 Å². The first kappa shape index (κ1) is 13.9. The van der Waals surface area contributed by atoms with Gasteiger partial charge >= 0.3 is 0 Å². The summed E-state index contributed by atoms with van der Waals surface area (Å²) in [6, 6.07) is 5.88. The molecule has 0 aliphatic carbocycles. The first-order chi connectivity index (χ1) is 9.76. The first-order valence-electron chi connectivity index (χ1n) is 7.52. The normalized spacial score (nSPS) is 29.9. The van der Waals surface area contributed by atoms with Crippen LogP contribution in [0.1, 0.15) is 37.9 Å². The van der Waals surface area contributed by atoms with E-state index in [1.54, 1.807) is 6.26 Å². The van der Waals surface area contributed by atoms with E-state index in [0.717, 1.165) is 17.4 Å². The Kier molecular flexibility index (Phi) is 4.27. The zero-order chi connectivity index (χ0) is 13.9. The Labute approximate surface area is 125 Å². The van der Waals surface area contributed by atoms with Gasteiger partial charge in [0.15, 0.2) is 5.11 Å². The average molecular weight is 293 g/mol. The van der Waals surface area contributed by atoms with E-state index in [9.17, 15) is 0 Å². The summed E-state index contributed by atoms with van der Waals surface area (Å²) in [4.78, 5) is 2.64. The fourth-order valence-corrected chi connectivity index (χ4v) is 3.86. The van der Waals surface area contributed by atoms with Crippen LogP contribution in [0.25, 0.3) is 0 Å². The fourth-order valence-electron chi connectivity index (χ4n) is 3.69. The molecule has 0 amide bonds. The van der Waals surface area contributed by atoms with E-state index >= 15 is 0 Å². The highest BCUT2D eigenvalue weighted by Crippen LogP contribution is 2.35. The minimum absolute atomic E-state index is 0.512. The Hall–Kier alpha value is -1.07. The molecule has 2 bridgehead atoms. The van der Waals surface area contributed by atoms with Crippen LogP contribution in [0.2, 0.25) is 0 Å². The molecule has 2 fully saturated rings. The number of piperidine rings is 2. The molecule has 4 nitrogen and oxygen atoms in total. The molecule has 3 heterocycles. The van der Waals surface area contributed by atoms with Crippen LogP contribution in [0.5, 0.6) is 0 Å². The summed E-state index contributed by atoms with van der Waals surface area (Å²) in [6.45, 7) is 0.950. The highest BCUT2D eigenvalue weighted by atomic mass is 32.1. The Morgan fingerprint density at radius 2 is 2.15 bits per heavy atom. The second kappa shape index (κ2) is 6.14. The molecule has 0 aromatic carbocycles. The Morgan fingerprint density at radius 3 is 2.75 bits per heavy atom. The largest absolute Gasteiger partial charge is 0.468 e. The van der Waals surface area contributed by atoms with Gasteiger partial charge in [-0.05, 0) is 50.0 Å². The molecule has 1 aromatic heterocycles. The van der Waals surface area contributed by atoms with Crippen LogP contribution in [-0.4, -0.2) is 35.2 Å². The maximum atomic E-state index is 5.52. The lowest BCUT2D eigenvalue weighted by Gasteiger charge is -2.48. The number of thiocarbonyl (C=S) groups is 1. The topological polar surface area (TPSA) is 40.4 Å². The van der Waals surface area contributed by atoms with Gasteiger partial charge in [-0.15, -0.1) is 0 Å². The van der Waals surface area contributed by atoms with Gasteiger partial charge in [0, 0.05) is 25.2 Å². The van der Waals surface area contributed by atoms with Crippen molar-refractivity contribution in [2.24, 2.45) is 0 Å². The number of hydrogen-bond donors (Lipinski definition) is 2. The van der Waals surface area contributed by atoms with Crippen molar-refractivity contribution in [3.8, 4) is 0 Å². The van der Waals surface area contributed by atoms with E-state index in [-0.39, 0.29) is 0 Å². The summed E-state index contributed by atoms with van der Waals surface area (Å²) >= 11 is 5.24. The van der Waals surface area contributed by atoms with Crippen molar-refractivity contribution in [3.63, 3.8) is 0 Å². The van der Waals surface area contributed by atoms with E-state index in [1.807, 2.05) is 13.1 Å². The summed E-state index contributed by atoms with van der Waals surface area (Å²) < 4.78 is 5.52. The standard InChI is InChI=1S/C15H23N3OS/c1-16-15(20)17-11-8-12-4-2-5-13(9-11)18(12)10-14-6-3-7-19-14/h3,6-7,11-13H,2,4-5,8-10H2,1H3,(H2,16,17,20)/t12-,13-/m0/s1. The average Bonchev–Trinajstić information content (AvgIpc) is 2.92. The van der Waals surface area contributed by atoms with Gasteiger partial charge in [0.25, 0.3) is 0 Å². The van der Waals surface area contributed by atoms with Crippen molar-refractivity contribution in [1.29, 1.82) is 0 Å². The summed E-state index contributed by atoms with van der Waals surface area (Å²) in [7, 11) is 1.88. The predicted octanol–water partition coefficient (Wildman–Crippen LogP) is 2.26.